The fraction of sp³-hybridized carbons (Fsp3) is 0.111. The van der Waals surface area contributed by atoms with Gasteiger partial charge in [-0.2, -0.15) is 0 Å². The normalized spacial score (nSPS) is 10.7. The van der Waals surface area contributed by atoms with Crippen LogP contribution in [-0.2, 0) is 4.79 Å². The maximum atomic E-state index is 11.2. The van der Waals surface area contributed by atoms with Gasteiger partial charge in [-0.1, -0.05) is 41.6 Å². The molecule has 1 heterocycles. The highest BCUT2D eigenvalue weighted by Gasteiger charge is 2.17. The van der Waals surface area contributed by atoms with Gasteiger partial charge in [-0.05, 0) is 19.1 Å². The van der Waals surface area contributed by atoms with Gasteiger partial charge in [0.2, 0.25) is 5.91 Å². The maximum Gasteiger partial charge on any atom is 0.270 e. The molecule has 3 rings (SSSR count). The summed E-state index contributed by atoms with van der Waals surface area (Å²) < 4.78 is 1.87. The molecule has 7 nitrogen and oxygen atoms in total. The van der Waals surface area contributed by atoms with E-state index in [1.54, 1.807) is 18.3 Å². The topological polar surface area (TPSA) is 104 Å². The first-order chi connectivity index (χ1) is 12.5. The van der Waals surface area contributed by atoms with E-state index in [4.69, 9.17) is 5.73 Å². The van der Waals surface area contributed by atoms with Crippen molar-refractivity contribution in [1.82, 2.24) is 9.55 Å². The SMILES string of the molecule is Cc1ccc(-n2c(-c3cccc([N+](=O)[O-])c3)cnc2SCC(N)=O)cc1. The van der Waals surface area contributed by atoms with Gasteiger partial charge in [-0.25, -0.2) is 4.98 Å². The summed E-state index contributed by atoms with van der Waals surface area (Å²) in [4.78, 5) is 26.2. The number of amides is 1. The monoisotopic (exact) mass is 368 g/mol. The number of hydrogen-bond donors (Lipinski definition) is 1. The lowest BCUT2D eigenvalue weighted by Crippen LogP contribution is -2.13. The Kier molecular flexibility index (Phi) is 5.04. The summed E-state index contributed by atoms with van der Waals surface area (Å²) >= 11 is 1.22. The minimum absolute atomic E-state index is 0.00509. The number of non-ortho nitro benzene ring substituents is 1. The van der Waals surface area contributed by atoms with Gasteiger partial charge in [0.1, 0.15) is 0 Å². The smallest absolute Gasteiger partial charge is 0.270 e. The van der Waals surface area contributed by atoms with Gasteiger partial charge < -0.3 is 5.73 Å². The number of nitrogens with zero attached hydrogens (tertiary/aromatic N) is 3. The quantitative estimate of drug-likeness (QED) is 0.408. The number of aromatic nitrogens is 2. The molecule has 0 aliphatic rings. The van der Waals surface area contributed by atoms with Gasteiger partial charge in [0, 0.05) is 23.4 Å². The van der Waals surface area contributed by atoms with Crippen LogP contribution in [0.25, 0.3) is 16.9 Å². The lowest BCUT2D eigenvalue weighted by atomic mass is 10.1. The van der Waals surface area contributed by atoms with E-state index in [-0.39, 0.29) is 11.4 Å². The number of nitro groups is 1. The third kappa shape index (κ3) is 3.75. The molecule has 0 saturated heterocycles. The van der Waals surface area contributed by atoms with Crippen molar-refractivity contribution >= 4 is 23.4 Å². The van der Waals surface area contributed by atoms with Crippen molar-refractivity contribution in [3.63, 3.8) is 0 Å². The van der Waals surface area contributed by atoms with Crippen LogP contribution in [0.2, 0.25) is 0 Å². The average molecular weight is 368 g/mol. The highest BCUT2D eigenvalue weighted by molar-refractivity contribution is 7.99. The van der Waals surface area contributed by atoms with E-state index in [1.807, 2.05) is 35.8 Å². The number of benzene rings is 2. The number of carbonyl (C=O) groups is 1. The first kappa shape index (κ1) is 17.7. The standard InChI is InChI=1S/C18H16N4O3S/c1-12-5-7-14(8-6-12)21-16(10-20-18(21)26-11-17(19)23)13-3-2-4-15(9-13)22(24)25/h2-10H,11H2,1H3,(H2,19,23). The van der Waals surface area contributed by atoms with Crippen LogP contribution in [0.5, 0.6) is 0 Å². The fourth-order valence-electron chi connectivity index (χ4n) is 2.50. The van der Waals surface area contributed by atoms with Crippen molar-refractivity contribution in [2.24, 2.45) is 5.73 Å². The molecule has 0 aliphatic carbocycles. The van der Waals surface area contributed by atoms with Gasteiger partial charge in [0.15, 0.2) is 5.16 Å². The number of nitro benzene ring substituents is 1. The zero-order valence-corrected chi connectivity index (χ0v) is 14.8. The molecule has 0 bridgehead atoms. The van der Waals surface area contributed by atoms with Gasteiger partial charge >= 0.3 is 0 Å². The number of nitrogens with two attached hydrogens (primary N) is 1. The number of aryl methyl sites for hydroxylation is 1. The molecule has 0 spiro atoms. The Morgan fingerprint density at radius 1 is 1.27 bits per heavy atom. The molecule has 1 amide bonds. The molecule has 0 saturated carbocycles. The number of carbonyl (C=O) groups excluding carboxylic acids is 1. The molecule has 0 radical (unpaired) electrons. The third-order valence-electron chi connectivity index (χ3n) is 3.72. The second kappa shape index (κ2) is 7.40. The van der Waals surface area contributed by atoms with E-state index in [0.717, 1.165) is 11.3 Å². The van der Waals surface area contributed by atoms with Crippen LogP contribution >= 0.6 is 11.8 Å². The highest BCUT2D eigenvalue weighted by Crippen LogP contribution is 2.31. The molecule has 0 fully saturated rings. The van der Waals surface area contributed by atoms with Crippen LogP contribution < -0.4 is 5.73 Å². The Labute approximate surface area is 154 Å². The average Bonchev–Trinajstić information content (AvgIpc) is 3.04. The lowest BCUT2D eigenvalue weighted by Gasteiger charge is -2.12. The number of rotatable bonds is 6. The second-order valence-electron chi connectivity index (χ2n) is 5.66. The van der Waals surface area contributed by atoms with Crippen LogP contribution in [0.4, 0.5) is 5.69 Å². The van der Waals surface area contributed by atoms with Crippen LogP contribution in [0.1, 0.15) is 5.56 Å². The van der Waals surface area contributed by atoms with E-state index in [0.29, 0.717) is 16.4 Å². The van der Waals surface area contributed by atoms with Crippen LogP contribution in [0.3, 0.4) is 0 Å². The highest BCUT2D eigenvalue weighted by atomic mass is 32.2. The molecule has 0 aliphatic heterocycles. The molecule has 0 unspecified atom stereocenters. The van der Waals surface area contributed by atoms with Crippen LogP contribution in [0, 0.1) is 17.0 Å². The van der Waals surface area contributed by atoms with Crippen molar-refractivity contribution < 1.29 is 9.72 Å². The number of hydrogen-bond acceptors (Lipinski definition) is 5. The number of primary amides is 1. The second-order valence-corrected chi connectivity index (χ2v) is 6.60. The van der Waals surface area contributed by atoms with Crippen molar-refractivity contribution in [3.05, 3.63) is 70.4 Å². The molecule has 2 aromatic carbocycles. The Hall–Kier alpha value is -3.13. The van der Waals surface area contributed by atoms with Crippen LogP contribution in [-0.4, -0.2) is 26.1 Å². The van der Waals surface area contributed by atoms with E-state index < -0.39 is 10.8 Å². The predicted octanol–water partition coefficient (Wildman–Crippen LogP) is 3.33. The van der Waals surface area contributed by atoms with E-state index in [1.165, 1.54) is 23.9 Å². The Bertz CT molecular complexity index is 967. The Morgan fingerprint density at radius 2 is 2.00 bits per heavy atom. The molecule has 26 heavy (non-hydrogen) atoms. The van der Waals surface area contributed by atoms with E-state index in [2.05, 4.69) is 4.98 Å². The fourth-order valence-corrected chi connectivity index (χ4v) is 3.23. The molecule has 8 heteroatoms. The molecule has 0 atom stereocenters. The number of thioether (sulfide) groups is 1. The predicted molar refractivity (Wildman–Crippen MR) is 100 cm³/mol. The summed E-state index contributed by atoms with van der Waals surface area (Å²) in [5, 5.41) is 11.7. The summed E-state index contributed by atoms with van der Waals surface area (Å²) in [6, 6.07) is 14.2. The van der Waals surface area contributed by atoms with Crippen molar-refractivity contribution in [2.45, 2.75) is 12.1 Å². The third-order valence-corrected chi connectivity index (χ3v) is 4.69. The number of imidazole rings is 1. The zero-order chi connectivity index (χ0) is 18.7. The molecular formula is C18H16N4O3S. The van der Waals surface area contributed by atoms with E-state index in [9.17, 15) is 14.9 Å². The lowest BCUT2D eigenvalue weighted by molar-refractivity contribution is -0.384. The molecular weight excluding hydrogens is 352 g/mol. The molecule has 3 aromatic rings. The summed E-state index contributed by atoms with van der Waals surface area (Å²) in [5.74, 6) is -0.345. The first-order valence-electron chi connectivity index (χ1n) is 7.76. The van der Waals surface area contributed by atoms with Crippen molar-refractivity contribution in [2.75, 3.05) is 5.75 Å². The molecule has 1 aromatic heterocycles. The van der Waals surface area contributed by atoms with Crippen molar-refractivity contribution in [1.29, 1.82) is 0 Å². The summed E-state index contributed by atoms with van der Waals surface area (Å²) in [7, 11) is 0. The van der Waals surface area contributed by atoms with Gasteiger partial charge in [-0.3, -0.25) is 19.5 Å². The van der Waals surface area contributed by atoms with Crippen LogP contribution in [0.15, 0.2) is 59.9 Å². The summed E-state index contributed by atoms with van der Waals surface area (Å²) in [5.41, 5.74) is 8.57. The summed E-state index contributed by atoms with van der Waals surface area (Å²) in [6.07, 6.45) is 1.64. The first-order valence-corrected chi connectivity index (χ1v) is 8.75. The molecule has 132 valence electrons. The van der Waals surface area contributed by atoms with Gasteiger partial charge in [0.05, 0.1) is 22.6 Å². The van der Waals surface area contributed by atoms with E-state index >= 15 is 0 Å². The summed E-state index contributed by atoms with van der Waals surface area (Å²) in [6.45, 7) is 1.99. The maximum absolute atomic E-state index is 11.2. The largest absolute Gasteiger partial charge is 0.369 e. The Morgan fingerprint density at radius 3 is 2.65 bits per heavy atom. The van der Waals surface area contributed by atoms with Gasteiger partial charge in [-0.15, -0.1) is 0 Å². The van der Waals surface area contributed by atoms with Crippen molar-refractivity contribution in [3.8, 4) is 16.9 Å². The Balaban J connectivity index is 2.13. The van der Waals surface area contributed by atoms with Gasteiger partial charge in [0.25, 0.3) is 5.69 Å². The minimum atomic E-state index is -0.439. The molecule has 2 N–H and O–H groups in total. The zero-order valence-electron chi connectivity index (χ0n) is 14.0. The minimum Gasteiger partial charge on any atom is -0.369 e.